The summed E-state index contributed by atoms with van der Waals surface area (Å²) in [4.78, 5) is 4.69. The number of nitrogens with one attached hydrogen (secondary N) is 2. The molecule has 0 bridgehead atoms. The molecule has 0 spiro atoms. The third-order valence-electron chi connectivity index (χ3n) is 5.85. The summed E-state index contributed by atoms with van der Waals surface area (Å²) in [7, 11) is 2.33. The molecule has 2 heterocycles. The Hall–Kier alpha value is -4.17. The van der Waals surface area contributed by atoms with E-state index in [1.54, 1.807) is 28.9 Å². The lowest BCUT2D eigenvalue weighted by Gasteiger charge is -2.13. The molecular formula is C27H20BClN6O2S. The summed E-state index contributed by atoms with van der Waals surface area (Å²) in [5.74, 6) is 0.671. The Balaban J connectivity index is 1.34. The van der Waals surface area contributed by atoms with Crippen LogP contribution in [0.4, 0.5) is 5.82 Å². The second-order valence-corrected chi connectivity index (χ2v) is 10.7. The average Bonchev–Trinajstić information content (AvgIpc) is 3.31. The average molecular weight is 539 g/mol. The fourth-order valence-corrected chi connectivity index (χ4v) is 5.25. The maximum atomic E-state index is 12.7. The lowest BCUT2D eigenvalue weighted by atomic mass is 10.0. The number of rotatable bonds is 8. The van der Waals surface area contributed by atoms with Gasteiger partial charge in [-0.25, -0.2) is 18.1 Å². The van der Waals surface area contributed by atoms with Gasteiger partial charge < -0.3 is 5.32 Å². The summed E-state index contributed by atoms with van der Waals surface area (Å²) in [5.41, 5.74) is 4.37. The number of fused-ring (bicyclic) bond motifs is 1. The molecule has 2 aromatic heterocycles. The Bertz CT molecular complexity index is 1800. The van der Waals surface area contributed by atoms with Crippen molar-refractivity contribution in [3.8, 4) is 17.3 Å². The third-order valence-corrected chi connectivity index (χ3v) is 7.58. The smallest absolute Gasteiger partial charge is 0.240 e. The van der Waals surface area contributed by atoms with Crippen molar-refractivity contribution >= 4 is 46.4 Å². The molecule has 5 rings (SSSR count). The van der Waals surface area contributed by atoms with Crippen LogP contribution in [0.1, 0.15) is 16.7 Å². The van der Waals surface area contributed by atoms with Gasteiger partial charge in [0.1, 0.15) is 13.7 Å². The van der Waals surface area contributed by atoms with E-state index in [1.165, 1.54) is 12.1 Å². The predicted octanol–water partition coefficient (Wildman–Crippen LogP) is 3.81. The first-order valence-electron chi connectivity index (χ1n) is 11.5. The topological polar surface area (TPSA) is 112 Å². The van der Waals surface area contributed by atoms with Gasteiger partial charge in [-0.15, -0.1) is 0 Å². The first-order valence-corrected chi connectivity index (χ1v) is 13.4. The van der Waals surface area contributed by atoms with E-state index < -0.39 is 10.0 Å². The number of anilines is 1. The van der Waals surface area contributed by atoms with Crippen molar-refractivity contribution in [1.29, 1.82) is 5.26 Å². The summed E-state index contributed by atoms with van der Waals surface area (Å²) in [6.45, 7) is 0.532. The highest BCUT2D eigenvalue weighted by Gasteiger charge is 2.15. The lowest BCUT2D eigenvalue weighted by Crippen LogP contribution is -2.23. The van der Waals surface area contributed by atoms with Gasteiger partial charge in [0, 0.05) is 35.9 Å². The van der Waals surface area contributed by atoms with Gasteiger partial charge in [-0.1, -0.05) is 60.1 Å². The minimum Gasteiger partial charge on any atom is -0.366 e. The molecule has 5 aromatic rings. The minimum absolute atomic E-state index is 0.0453. The minimum atomic E-state index is -3.77. The summed E-state index contributed by atoms with van der Waals surface area (Å²) in [6.07, 6.45) is 1.54. The molecule has 186 valence electrons. The molecule has 11 heteroatoms. The molecule has 0 aliphatic carbocycles. The first kappa shape index (κ1) is 25.5. The van der Waals surface area contributed by atoms with Crippen molar-refractivity contribution in [2.45, 2.75) is 18.0 Å². The van der Waals surface area contributed by atoms with E-state index in [0.29, 0.717) is 34.2 Å². The fourth-order valence-electron chi connectivity index (χ4n) is 3.95. The van der Waals surface area contributed by atoms with E-state index in [4.69, 9.17) is 24.7 Å². The van der Waals surface area contributed by atoms with Crippen LogP contribution in [0.3, 0.4) is 0 Å². The monoisotopic (exact) mass is 538 g/mol. The normalized spacial score (nSPS) is 11.4. The Morgan fingerprint density at radius 1 is 0.974 bits per heavy atom. The third kappa shape index (κ3) is 5.40. The molecule has 0 amide bonds. The molecule has 3 aromatic carbocycles. The van der Waals surface area contributed by atoms with Gasteiger partial charge in [-0.05, 0) is 40.9 Å². The second-order valence-electron chi connectivity index (χ2n) is 8.48. The second kappa shape index (κ2) is 10.7. The van der Waals surface area contributed by atoms with Gasteiger partial charge in [0.25, 0.3) is 0 Å². The van der Waals surface area contributed by atoms with E-state index >= 15 is 0 Å². The first-order chi connectivity index (χ1) is 18.3. The van der Waals surface area contributed by atoms with E-state index in [-0.39, 0.29) is 17.0 Å². The van der Waals surface area contributed by atoms with E-state index in [9.17, 15) is 8.42 Å². The Kier molecular flexibility index (Phi) is 7.16. The Morgan fingerprint density at radius 2 is 1.74 bits per heavy atom. The van der Waals surface area contributed by atoms with Crippen LogP contribution in [0.25, 0.3) is 16.9 Å². The lowest BCUT2D eigenvalue weighted by molar-refractivity contribution is 0.581. The zero-order valence-corrected chi connectivity index (χ0v) is 21.5. The number of benzene rings is 3. The molecule has 0 fully saturated rings. The van der Waals surface area contributed by atoms with Crippen LogP contribution in [0.15, 0.2) is 90.0 Å². The zero-order valence-electron chi connectivity index (χ0n) is 20.0. The molecule has 2 radical (unpaired) electrons. The standard InChI is InChI=1S/C27H20BClN6O2S/c28-23-17-32-35-26(13-25(34-27(23)35)22-9-1-2-10-24(22)29)31-15-19-6-3-7-20(11-19)16-33-38(36,37)21-8-4-5-18(12-21)14-30/h1-13,17,31,33H,15-16H2. The van der Waals surface area contributed by atoms with Crippen LogP contribution in [-0.2, 0) is 23.1 Å². The van der Waals surface area contributed by atoms with E-state index in [2.05, 4.69) is 20.1 Å². The molecule has 2 N–H and O–H groups in total. The Labute approximate surface area is 226 Å². The summed E-state index contributed by atoms with van der Waals surface area (Å²) in [6, 6.07) is 24.7. The SMILES string of the molecule is [B]c1cnn2c(NCc3cccc(CNS(=O)(=O)c4cccc(C#N)c4)c3)cc(-c3ccccc3Cl)nc12. The van der Waals surface area contributed by atoms with Gasteiger partial charge in [0.2, 0.25) is 10.0 Å². The number of nitriles is 1. The quantitative estimate of drug-likeness (QED) is 0.291. The van der Waals surface area contributed by atoms with Gasteiger partial charge in [0.05, 0.1) is 22.2 Å². The number of hydrogen-bond donors (Lipinski definition) is 2. The van der Waals surface area contributed by atoms with Crippen LogP contribution >= 0.6 is 11.6 Å². The molecule has 0 atom stereocenters. The van der Waals surface area contributed by atoms with Crippen LogP contribution in [0, 0.1) is 11.3 Å². The highest BCUT2D eigenvalue weighted by molar-refractivity contribution is 7.89. The molecule has 0 aliphatic heterocycles. The van der Waals surface area contributed by atoms with Crippen molar-refractivity contribution in [2.24, 2.45) is 0 Å². The molecule has 0 saturated heterocycles. The molecule has 8 nitrogen and oxygen atoms in total. The van der Waals surface area contributed by atoms with Crippen LogP contribution in [-0.4, -0.2) is 30.9 Å². The van der Waals surface area contributed by atoms with Crippen LogP contribution in [0.5, 0.6) is 0 Å². The molecule has 0 unspecified atom stereocenters. The number of nitrogens with zero attached hydrogens (tertiary/aromatic N) is 4. The largest absolute Gasteiger partial charge is 0.366 e. The summed E-state index contributed by atoms with van der Waals surface area (Å²) < 4.78 is 29.6. The van der Waals surface area contributed by atoms with Gasteiger partial charge in [0.15, 0.2) is 5.65 Å². The van der Waals surface area contributed by atoms with Gasteiger partial charge in [-0.2, -0.15) is 14.9 Å². The van der Waals surface area contributed by atoms with E-state index in [1.807, 2.05) is 54.6 Å². The van der Waals surface area contributed by atoms with Crippen LogP contribution < -0.4 is 15.5 Å². The van der Waals surface area contributed by atoms with Crippen molar-refractivity contribution in [3.63, 3.8) is 0 Å². The number of halogens is 1. The van der Waals surface area contributed by atoms with Gasteiger partial charge >= 0.3 is 0 Å². The van der Waals surface area contributed by atoms with Crippen molar-refractivity contribution in [1.82, 2.24) is 19.3 Å². The molecule has 0 saturated carbocycles. The summed E-state index contributed by atoms with van der Waals surface area (Å²) >= 11 is 6.41. The number of sulfonamides is 1. The fraction of sp³-hybridized carbons (Fsp3) is 0.0741. The predicted molar refractivity (Wildman–Crippen MR) is 148 cm³/mol. The van der Waals surface area contributed by atoms with Crippen molar-refractivity contribution < 1.29 is 8.42 Å². The molecular weight excluding hydrogens is 519 g/mol. The van der Waals surface area contributed by atoms with Crippen molar-refractivity contribution in [2.75, 3.05) is 5.32 Å². The zero-order chi connectivity index (χ0) is 26.7. The van der Waals surface area contributed by atoms with E-state index in [0.717, 1.165) is 16.7 Å². The Morgan fingerprint density at radius 3 is 2.53 bits per heavy atom. The number of hydrogen-bond acceptors (Lipinski definition) is 6. The molecule has 38 heavy (non-hydrogen) atoms. The maximum Gasteiger partial charge on any atom is 0.240 e. The van der Waals surface area contributed by atoms with Crippen LogP contribution in [0.2, 0.25) is 5.02 Å². The highest BCUT2D eigenvalue weighted by Crippen LogP contribution is 2.28. The van der Waals surface area contributed by atoms with Crippen molar-refractivity contribution in [3.05, 3.63) is 107 Å². The summed E-state index contributed by atoms with van der Waals surface area (Å²) in [5, 5.41) is 17.3. The van der Waals surface area contributed by atoms with Gasteiger partial charge in [-0.3, -0.25) is 0 Å². The number of aromatic nitrogens is 3. The highest BCUT2D eigenvalue weighted by atomic mass is 35.5. The molecule has 0 aliphatic rings. The maximum absolute atomic E-state index is 12.7.